The number of halogens is 3. The number of ether oxygens (including phenoxy) is 3. The minimum Gasteiger partial charge on any atom is -0.494 e. The third kappa shape index (κ3) is 11.4. The van der Waals surface area contributed by atoms with Crippen LogP contribution in [0.3, 0.4) is 0 Å². The number of alkyl halides is 3. The van der Waals surface area contributed by atoms with Crippen LogP contribution in [0, 0.1) is 0 Å². The first-order valence-corrected chi connectivity index (χ1v) is 14.6. The topological polar surface area (TPSA) is 128 Å². The maximum atomic E-state index is 12.8. The smallest absolute Gasteiger partial charge is 0.422 e. The summed E-state index contributed by atoms with van der Waals surface area (Å²) in [4.78, 5) is 39.6. The van der Waals surface area contributed by atoms with Gasteiger partial charge >= 0.3 is 18.3 Å². The number of carbonyl (C=O) groups excluding carboxylic acids is 2. The van der Waals surface area contributed by atoms with Crippen molar-refractivity contribution >= 4 is 17.9 Å². The predicted molar refractivity (Wildman–Crippen MR) is 159 cm³/mol. The molecule has 2 amide bonds. The lowest BCUT2D eigenvalue weighted by Gasteiger charge is -2.27. The number of hydrogen-bond acceptors (Lipinski definition) is 9. The van der Waals surface area contributed by atoms with Crippen molar-refractivity contribution < 1.29 is 37.0 Å². The first-order chi connectivity index (χ1) is 21.3. The summed E-state index contributed by atoms with van der Waals surface area (Å²) in [5.74, 6) is 0.594. The van der Waals surface area contributed by atoms with Gasteiger partial charge in [0.05, 0.1) is 6.61 Å². The minimum absolute atomic E-state index is 0.0532. The van der Waals surface area contributed by atoms with E-state index in [1.165, 1.54) is 0 Å². The molecule has 5 heterocycles. The van der Waals surface area contributed by atoms with Gasteiger partial charge in [-0.25, -0.2) is 4.79 Å². The standard InChI is InChI=1S/C31H37F3N6O5/c1-30(2,3)45-29(42)40-15-4-14-35-26(41)23-10-6-21(7-11-23)18-25-37-27(39-28(38-25)44-20-31(32,33)34)36-19-22-8-12-24(13-9-22)43-17-5-16-40/h6-13H,4-5,14-20H2,1-3H3,(H,35,41)(H,36,37,38,39). The molecule has 45 heavy (non-hydrogen) atoms. The molecule has 242 valence electrons. The van der Waals surface area contributed by atoms with E-state index < -0.39 is 30.5 Å². The van der Waals surface area contributed by atoms with E-state index in [0.29, 0.717) is 50.4 Å². The minimum atomic E-state index is -4.56. The first kappa shape index (κ1) is 33.3. The molecule has 0 fully saturated rings. The summed E-state index contributed by atoms with van der Waals surface area (Å²) in [5.41, 5.74) is 1.36. The van der Waals surface area contributed by atoms with Crippen LogP contribution in [-0.2, 0) is 17.7 Å². The second kappa shape index (κ2) is 14.9. The summed E-state index contributed by atoms with van der Waals surface area (Å²) in [6, 6.07) is 13.5. The van der Waals surface area contributed by atoms with Crippen LogP contribution in [0.2, 0.25) is 0 Å². The van der Waals surface area contributed by atoms with Gasteiger partial charge in [-0.3, -0.25) is 4.79 Å². The molecular formula is C31H37F3N6O5. The number of benzene rings is 2. The zero-order valence-corrected chi connectivity index (χ0v) is 25.4. The third-order valence-electron chi connectivity index (χ3n) is 6.36. The molecule has 1 aromatic heterocycles. The van der Waals surface area contributed by atoms with Gasteiger partial charge in [0.15, 0.2) is 6.61 Å². The van der Waals surface area contributed by atoms with Crippen molar-refractivity contribution in [3.63, 3.8) is 0 Å². The van der Waals surface area contributed by atoms with Gasteiger partial charge in [0.25, 0.3) is 5.91 Å². The van der Waals surface area contributed by atoms with Crippen LogP contribution in [0.15, 0.2) is 48.5 Å². The number of hydrogen-bond donors (Lipinski definition) is 2. The monoisotopic (exact) mass is 630 g/mol. The van der Waals surface area contributed by atoms with E-state index >= 15 is 0 Å². The molecule has 7 rings (SSSR count). The fourth-order valence-corrected chi connectivity index (χ4v) is 4.25. The number of nitrogens with zero attached hydrogens (tertiary/aromatic N) is 4. The molecule has 0 aliphatic carbocycles. The molecule has 2 aromatic carbocycles. The Morgan fingerprint density at radius 3 is 2.31 bits per heavy atom. The molecular weight excluding hydrogens is 593 g/mol. The van der Waals surface area contributed by atoms with Crippen LogP contribution in [0.4, 0.5) is 23.9 Å². The number of carbonyl (C=O) groups is 2. The zero-order chi connectivity index (χ0) is 32.5. The Labute approximate surface area is 259 Å². The molecule has 11 nitrogen and oxygen atoms in total. The molecule has 0 unspecified atom stereocenters. The maximum absolute atomic E-state index is 12.8. The summed E-state index contributed by atoms with van der Waals surface area (Å²) in [7, 11) is 0. The van der Waals surface area contributed by atoms with E-state index in [4.69, 9.17) is 14.2 Å². The SMILES string of the molecule is CC(C)(C)OC(=O)N1CCCNC(=O)c2ccc(cc2)Cc2nc(nc(OCC(F)(F)F)n2)NCc2ccc(cc2)OCCC1. The molecule has 14 heteroatoms. The van der Waals surface area contributed by atoms with E-state index in [9.17, 15) is 22.8 Å². The van der Waals surface area contributed by atoms with Gasteiger partial charge in [0.1, 0.15) is 17.2 Å². The molecule has 0 saturated heterocycles. The lowest BCUT2D eigenvalue weighted by molar-refractivity contribution is -0.154. The quantitative estimate of drug-likeness (QED) is 0.395. The van der Waals surface area contributed by atoms with Crippen LogP contribution in [-0.4, -0.2) is 76.5 Å². The first-order valence-electron chi connectivity index (χ1n) is 14.6. The highest BCUT2D eigenvalue weighted by Crippen LogP contribution is 2.19. The molecule has 0 atom stereocenters. The summed E-state index contributed by atoms with van der Waals surface area (Å²) >= 11 is 0. The van der Waals surface area contributed by atoms with Crippen LogP contribution in [0.5, 0.6) is 11.8 Å². The van der Waals surface area contributed by atoms with E-state index in [-0.39, 0.29) is 30.6 Å². The molecule has 0 radical (unpaired) electrons. The van der Waals surface area contributed by atoms with Gasteiger partial charge in [0.2, 0.25) is 5.95 Å². The predicted octanol–water partition coefficient (Wildman–Crippen LogP) is 5.16. The number of rotatable bonds is 2. The zero-order valence-electron chi connectivity index (χ0n) is 25.4. The lowest BCUT2D eigenvalue weighted by atomic mass is 10.1. The number of anilines is 1. The van der Waals surface area contributed by atoms with Gasteiger partial charge in [-0.1, -0.05) is 24.3 Å². The van der Waals surface area contributed by atoms with Crippen LogP contribution < -0.4 is 20.1 Å². The van der Waals surface area contributed by atoms with Crippen molar-refractivity contribution in [2.45, 2.75) is 58.4 Å². The Bertz CT molecular complexity index is 1430. The Morgan fingerprint density at radius 2 is 1.62 bits per heavy atom. The fourth-order valence-electron chi connectivity index (χ4n) is 4.25. The molecule has 2 N–H and O–H groups in total. The highest BCUT2D eigenvalue weighted by molar-refractivity contribution is 5.94. The van der Waals surface area contributed by atoms with Gasteiger partial charge in [-0.05, 0) is 69.0 Å². The van der Waals surface area contributed by atoms with Crippen molar-refractivity contribution in [3.05, 3.63) is 71.0 Å². The highest BCUT2D eigenvalue weighted by atomic mass is 19.4. The Balaban J connectivity index is 1.53. The van der Waals surface area contributed by atoms with Crippen LogP contribution in [0.25, 0.3) is 0 Å². The normalized spacial score (nSPS) is 15.3. The average molecular weight is 631 g/mol. The maximum Gasteiger partial charge on any atom is 0.422 e. The van der Waals surface area contributed by atoms with Crippen LogP contribution in [0.1, 0.15) is 60.9 Å². The number of aromatic nitrogens is 3. The summed E-state index contributed by atoms with van der Waals surface area (Å²) in [6.45, 7) is 5.66. The second-order valence-corrected chi connectivity index (χ2v) is 11.4. The van der Waals surface area contributed by atoms with E-state index in [1.54, 1.807) is 41.3 Å². The van der Waals surface area contributed by atoms with Crippen molar-refractivity contribution in [2.24, 2.45) is 0 Å². The lowest BCUT2D eigenvalue weighted by Crippen LogP contribution is -2.39. The van der Waals surface area contributed by atoms with Crippen molar-refractivity contribution in [1.29, 1.82) is 0 Å². The van der Waals surface area contributed by atoms with E-state index in [2.05, 4.69) is 25.6 Å². The third-order valence-corrected chi connectivity index (χ3v) is 6.36. The molecule has 4 aliphatic rings. The number of nitrogens with one attached hydrogen (secondary N) is 2. The van der Waals surface area contributed by atoms with Crippen molar-refractivity contribution in [1.82, 2.24) is 25.2 Å². The molecule has 6 bridgehead atoms. The average Bonchev–Trinajstić information content (AvgIpc) is 2.97. The largest absolute Gasteiger partial charge is 0.494 e. The Morgan fingerprint density at radius 1 is 0.933 bits per heavy atom. The molecule has 0 saturated carbocycles. The summed E-state index contributed by atoms with van der Waals surface area (Å²) in [6.07, 6.45) is -3.75. The molecule has 3 aromatic rings. The van der Waals surface area contributed by atoms with Gasteiger partial charge in [-0.15, -0.1) is 0 Å². The fraction of sp³-hybridized carbons (Fsp3) is 0.452. The van der Waals surface area contributed by atoms with Crippen molar-refractivity contribution in [3.8, 4) is 11.8 Å². The Hall–Kier alpha value is -4.62. The highest BCUT2D eigenvalue weighted by Gasteiger charge is 2.29. The van der Waals surface area contributed by atoms with E-state index in [1.807, 2.05) is 32.9 Å². The molecule has 4 aliphatic heterocycles. The second-order valence-electron chi connectivity index (χ2n) is 11.4. The molecule has 0 spiro atoms. The summed E-state index contributed by atoms with van der Waals surface area (Å²) in [5, 5.41) is 5.88. The van der Waals surface area contributed by atoms with Crippen molar-refractivity contribution in [2.75, 3.05) is 38.2 Å². The van der Waals surface area contributed by atoms with Gasteiger partial charge in [-0.2, -0.15) is 28.1 Å². The van der Waals surface area contributed by atoms with E-state index in [0.717, 1.165) is 11.1 Å². The number of amides is 2. The van der Waals surface area contributed by atoms with Gasteiger partial charge in [0, 0.05) is 38.2 Å². The van der Waals surface area contributed by atoms with Gasteiger partial charge < -0.3 is 29.7 Å². The Kier molecular flexibility index (Phi) is 11.0. The van der Waals surface area contributed by atoms with Crippen LogP contribution >= 0.6 is 0 Å². The summed E-state index contributed by atoms with van der Waals surface area (Å²) < 4.78 is 54.6.